The van der Waals surface area contributed by atoms with Crippen LogP contribution in [0.4, 0.5) is 0 Å². The number of nitrogens with zero attached hydrogens (tertiary/aromatic N) is 4. The monoisotopic (exact) mass is 491 g/mol. The van der Waals surface area contributed by atoms with Gasteiger partial charge in [-0.2, -0.15) is 4.31 Å². The van der Waals surface area contributed by atoms with Crippen molar-refractivity contribution in [1.82, 2.24) is 9.55 Å². The highest BCUT2D eigenvalue weighted by Gasteiger charge is 2.45. The van der Waals surface area contributed by atoms with Crippen molar-refractivity contribution in [2.75, 3.05) is 6.16 Å². The molecule has 20 heteroatoms. The van der Waals surface area contributed by atoms with E-state index in [1.165, 1.54) is 6.92 Å². The van der Waals surface area contributed by atoms with Crippen molar-refractivity contribution in [2.24, 2.45) is 5.11 Å². The van der Waals surface area contributed by atoms with Gasteiger partial charge in [-0.25, -0.2) is 18.2 Å². The maximum absolute atomic E-state index is 12.2. The number of aromatic amines is 1. The Labute approximate surface area is 166 Å². The fourth-order valence-electron chi connectivity index (χ4n) is 2.61. The maximum Gasteiger partial charge on any atom is 0.488 e. The van der Waals surface area contributed by atoms with Crippen LogP contribution in [-0.4, -0.2) is 47.4 Å². The molecular weight excluding hydrogens is 475 g/mol. The van der Waals surface area contributed by atoms with Gasteiger partial charge in [0.1, 0.15) is 6.23 Å². The summed E-state index contributed by atoms with van der Waals surface area (Å²) in [5.41, 5.74) is 7.32. The molecule has 0 amide bonds. The summed E-state index contributed by atoms with van der Waals surface area (Å²) < 4.78 is 48.1. The van der Waals surface area contributed by atoms with E-state index in [1.807, 2.05) is 4.98 Å². The minimum absolute atomic E-state index is 0.147. The minimum atomic E-state index is -5.65. The molecule has 2 unspecified atom stereocenters. The Bertz CT molecular complexity index is 1120. The minimum Gasteiger partial charge on any atom is -0.354 e. The predicted octanol–water partition coefficient (Wildman–Crippen LogP) is 0.223. The summed E-state index contributed by atoms with van der Waals surface area (Å²) in [5.74, 6) is 0. The second kappa shape index (κ2) is 8.87. The molecule has 0 aromatic carbocycles. The van der Waals surface area contributed by atoms with Gasteiger partial charge in [0.15, 0.2) is 0 Å². The number of ether oxygens (including phenoxy) is 1. The van der Waals surface area contributed by atoms with Crippen LogP contribution in [0.2, 0.25) is 0 Å². The molecule has 1 fully saturated rings. The second-order valence-electron chi connectivity index (χ2n) is 6.06. The zero-order chi connectivity index (χ0) is 22.9. The molecule has 2 heterocycles. The first-order valence-electron chi connectivity index (χ1n) is 7.77. The molecule has 0 bridgehead atoms. The number of H-pyrrole nitrogens is 1. The summed E-state index contributed by atoms with van der Waals surface area (Å²) in [7, 11) is -16.3. The molecular formula is C10H16N5O12P3. The molecule has 1 saturated heterocycles. The molecule has 2 rings (SSSR count). The summed E-state index contributed by atoms with van der Waals surface area (Å²) in [6, 6.07) is -1.14. The van der Waals surface area contributed by atoms with Gasteiger partial charge in [0.05, 0.1) is 18.3 Å². The van der Waals surface area contributed by atoms with Gasteiger partial charge >= 0.3 is 28.9 Å². The Hall–Kier alpha value is -1.60. The van der Waals surface area contributed by atoms with Crippen LogP contribution in [0.3, 0.4) is 0 Å². The van der Waals surface area contributed by atoms with Crippen molar-refractivity contribution in [3.63, 3.8) is 0 Å². The lowest BCUT2D eigenvalue weighted by Gasteiger charge is -2.21. The number of hydrogen-bond acceptors (Lipinski definition) is 9. The molecule has 0 aliphatic carbocycles. The van der Waals surface area contributed by atoms with Crippen LogP contribution in [0.15, 0.2) is 20.9 Å². The highest BCUT2D eigenvalue weighted by molar-refractivity contribution is 7.68. The van der Waals surface area contributed by atoms with Crippen molar-refractivity contribution in [1.29, 1.82) is 0 Å². The fourth-order valence-corrected chi connectivity index (χ4v) is 6.41. The van der Waals surface area contributed by atoms with E-state index >= 15 is 0 Å². The second-order valence-corrected chi connectivity index (χ2v) is 10.9. The summed E-state index contributed by atoms with van der Waals surface area (Å²) in [6.07, 6.45) is -2.61. The van der Waals surface area contributed by atoms with Crippen molar-refractivity contribution in [3.05, 3.63) is 43.0 Å². The Kier molecular flexibility index (Phi) is 7.29. The lowest BCUT2D eigenvalue weighted by molar-refractivity contribution is 0.00577. The van der Waals surface area contributed by atoms with Gasteiger partial charge in [0, 0.05) is 23.1 Å². The molecule has 0 spiro atoms. The number of nitrogens with one attached hydrogen (secondary N) is 1. The number of azide groups is 1. The third-order valence-corrected chi connectivity index (χ3v) is 8.06. The molecule has 168 valence electrons. The van der Waals surface area contributed by atoms with Gasteiger partial charge in [-0.05, 0) is 12.5 Å². The fraction of sp³-hybridized carbons (Fsp3) is 0.600. The molecule has 5 atom stereocenters. The topological polar surface area (TPSA) is 263 Å². The van der Waals surface area contributed by atoms with E-state index in [0.717, 1.165) is 10.8 Å². The zero-order valence-electron chi connectivity index (χ0n) is 14.9. The van der Waals surface area contributed by atoms with Gasteiger partial charge in [0.25, 0.3) is 5.56 Å². The Morgan fingerprint density at radius 3 is 2.50 bits per heavy atom. The van der Waals surface area contributed by atoms with E-state index < -0.39 is 59.0 Å². The standard InChI is InChI=1S/C10H16N5O12P3/c1-5-3-15(10(17)12-9(5)16)8-2-6(13-14-11)7(25-8)4-28(18,19)26-30(23,24)27-29(20,21)22/h3,6-8H,2,4H2,1H3,(H,18,19)(H,23,24)(H,12,16,17)(H2,20,21,22)/t6-,7+,8+/m0/s1. The van der Waals surface area contributed by atoms with Crippen LogP contribution >= 0.6 is 23.2 Å². The van der Waals surface area contributed by atoms with Crippen molar-refractivity contribution in [3.8, 4) is 0 Å². The van der Waals surface area contributed by atoms with E-state index in [2.05, 4.69) is 18.6 Å². The summed E-state index contributed by atoms with van der Waals surface area (Å²) >= 11 is 0. The first-order valence-corrected chi connectivity index (χ1v) is 12.6. The molecule has 1 aromatic heterocycles. The van der Waals surface area contributed by atoms with Gasteiger partial charge in [-0.15, -0.1) is 0 Å². The number of rotatable bonds is 8. The normalized spacial score (nSPS) is 25.8. The average Bonchev–Trinajstić information content (AvgIpc) is 2.89. The molecule has 17 nitrogen and oxygen atoms in total. The van der Waals surface area contributed by atoms with Crippen LogP contribution < -0.4 is 11.2 Å². The number of aromatic nitrogens is 2. The van der Waals surface area contributed by atoms with Crippen molar-refractivity contribution in [2.45, 2.75) is 31.7 Å². The predicted molar refractivity (Wildman–Crippen MR) is 96.3 cm³/mol. The Morgan fingerprint density at radius 1 is 1.30 bits per heavy atom. The summed E-state index contributed by atoms with van der Waals surface area (Å²) in [4.78, 5) is 64.2. The van der Waals surface area contributed by atoms with E-state index in [4.69, 9.17) is 20.1 Å². The lowest BCUT2D eigenvalue weighted by Crippen LogP contribution is -2.33. The maximum atomic E-state index is 12.2. The molecule has 5 N–H and O–H groups in total. The quantitative estimate of drug-likeness (QED) is 0.141. The third kappa shape index (κ3) is 6.71. The van der Waals surface area contributed by atoms with Gasteiger partial charge in [-0.1, -0.05) is 5.11 Å². The van der Waals surface area contributed by atoms with Crippen molar-refractivity contribution < 1.29 is 46.6 Å². The van der Waals surface area contributed by atoms with Crippen LogP contribution in [0.5, 0.6) is 0 Å². The summed E-state index contributed by atoms with van der Waals surface area (Å²) in [5, 5.41) is 3.38. The molecule has 0 saturated carbocycles. The largest absolute Gasteiger partial charge is 0.488 e. The lowest BCUT2D eigenvalue weighted by atomic mass is 10.1. The highest BCUT2D eigenvalue weighted by atomic mass is 31.3. The summed E-state index contributed by atoms with van der Waals surface area (Å²) in [6.45, 7) is 1.40. The van der Waals surface area contributed by atoms with E-state index in [-0.39, 0.29) is 12.0 Å². The first-order chi connectivity index (χ1) is 13.6. The van der Waals surface area contributed by atoms with Crippen LogP contribution in [0.25, 0.3) is 10.4 Å². The molecule has 1 aromatic rings. The van der Waals surface area contributed by atoms with E-state index in [1.54, 1.807) is 0 Å². The first kappa shape index (κ1) is 24.7. The van der Waals surface area contributed by atoms with Crippen molar-refractivity contribution >= 4 is 23.2 Å². The van der Waals surface area contributed by atoms with Crippen LogP contribution in [0, 0.1) is 6.92 Å². The van der Waals surface area contributed by atoms with E-state index in [9.17, 15) is 33.1 Å². The number of phosphoric acid groups is 2. The Morgan fingerprint density at radius 2 is 1.93 bits per heavy atom. The average molecular weight is 491 g/mol. The highest BCUT2D eigenvalue weighted by Crippen LogP contribution is 2.66. The SMILES string of the molecule is Cc1cn([C@H]2C[C@H](N=[N+]=[N-])[C@@H](CP(=O)(O)OP(=O)(O)OP(=O)(O)O)O2)c(=O)[nH]c1=O. The third-order valence-electron chi connectivity index (χ3n) is 3.71. The Balaban J connectivity index is 2.24. The smallest absolute Gasteiger partial charge is 0.354 e. The van der Waals surface area contributed by atoms with E-state index in [0.29, 0.717) is 0 Å². The molecule has 1 aliphatic heterocycles. The molecule has 0 radical (unpaired) electrons. The van der Waals surface area contributed by atoms with Gasteiger partial charge < -0.3 is 24.3 Å². The van der Waals surface area contributed by atoms with Gasteiger partial charge in [-0.3, -0.25) is 18.9 Å². The molecule has 30 heavy (non-hydrogen) atoms. The van der Waals surface area contributed by atoms with Gasteiger partial charge in [0.2, 0.25) is 0 Å². The molecule has 1 aliphatic rings. The zero-order valence-corrected chi connectivity index (χ0v) is 17.6. The number of aryl methyl sites for hydroxylation is 1. The number of hydrogen-bond donors (Lipinski definition) is 5. The van der Waals surface area contributed by atoms with Crippen LogP contribution in [-0.2, 0) is 27.1 Å². The van der Waals surface area contributed by atoms with Crippen LogP contribution in [0.1, 0.15) is 18.2 Å².